The number of rotatable bonds is 6. The zero-order valence-electron chi connectivity index (χ0n) is 13.5. The number of allylic oxidation sites excluding steroid dienone is 1. The number of ether oxygens (including phenoxy) is 2. The number of halogens is 1. The SMILES string of the molecule is COC(=C1Cc2ccccc2C1=O)c1ccc(OCCCCl)cc1. The van der Waals surface area contributed by atoms with Gasteiger partial charge >= 0.3 is 0 Å². The van der Waals surface area contributed by atoms with Gasteiger partial charge in [0.25, 0.3) is 0 Å². The summed E-state index contributed by atoms with van der Waals surface area (Å²) in [4.78, 5) is 12.6. The maximum Gasteiger partial charge on any atom is 0.193 e. The van der Waals surface area contributed by atoms with E-state index in [4.69, 9.17) is 21.1 Å². The van der Waals surface area contributed by atoms with Crippen molar-refractivity contribution in [3.8, 4) is 5.75 Å². The maximum absolute atomic E-state index is 12.6. The van der Waals surface area contributed by atoms with Gasteiger partial charge in [0.2, 0.25) is 0 Å². The first-order valence-corrected chi connectivity index (χ1v) is 8.47. The number of benzene rings is 2. The number of carbonyl (C=O) groups excluding carboxylic acids is 1. The summed E-state index contributed by atoms with van der Waals surface area (Å²) in [7, 11) is 1.60. The van der Waals surface area contributed by atoms with Gasteiger partial charge < -0.3 is 9.47 Å². The van der Waals surface area contributed by atoms with E-state index in [1.54, 1.807) is 7.11 Å². The van der Waals surface area contributed by atoms with E-state index in [-0.39, 0.29) is 5.78 Å². The van der Waals surface area contributed by atoms with Crippen molar-refractivity contribution < 1.29 is 14.3 Å². The number of ketones is 1. The minimum atomic E-state index is 0.0462. The number of alkyl halides is 1. The molecule has 0 aliphatic heterocycles. The highest BCUT2D eigenvalue weighted by atomic mass is 35.5. The first kappa shape index (κ1) is 16.6. The van der Waals surface area contributed by atoms with Crippen molar-refractivity contribution in [3.05, 3.63) is 70.8 Å². The molecule has 2 aromatic carbocycles. The number of Topliss-reactive ketones (excluding diaryl/α,β-unsaturated/α-hetero) is 1. The zero-order chi connectivity index (χ0) is 16.9. The molecule has 3 nitrogen and oxygen atoms in total. The Morgan fingerprint density at radius 1 is 1.12 bits per heavy atom. The summed E-state index contributed by atoms with van der Waals surface area (Å²) in [6.07, 6.45) is 1.41. The number of hydrogen-bond acceptors (Lipinski definition) is 3. The summed E-state index contributed by atoms with van der Waals surface area (Å²) >= 11 is 5.64. The molecule has 3 rings (SSSR count). The molecular weight excluding hydrogens is 324 g/mol. The Bertz CT molecular complexity index is 763. The van der Waals surface area contributed by atoms with Crippen LogP contribution in [0.1, 0.15) is 27.9 Å². The van der Waals surface area contributed by atoms with Crippen LogP contribution in [0.3, 0.4) is 0 Å². The smallest absolute Gasteiger partial charge is 0.193 e. The van der Waals surface area contributed by atoms with Gasteiger partial charge in [-0.2, -0.15) is 0 Å². The molecule has 0 radical (unpaired) electrons. The summed E-state index contributed by atoms with van der Waals surface area (Å²) in [6.45, 7) is 0.592. The highest BCUT2D eigenvalue weighted by molar-refractivity contribution is 6.17. The first-order chi connectivity index (χ1) is 11.7. The molecule has 0 aromatic heterocycles. The second kappa shape index (κ2) is 7.54. The molecule has 1 aliphatic carbocycles. The first-order valence-electron chi connectivity index (χ1n) is 7.93. The normalized spacial score (nSPS) is 15.2. The lowest BCUT2D eigenvalue weighted by Crippen LogP contribution is -2.02. The molecule has 0 atom stereocenters. The van der Waals surface area contributed by atoms with E-state index in [0.29, 0.717) is 30.2 Å². The van der Waals surface area contributed by atoms with Crippen molar-refractivity contribution in [1.29, 1.82) is 0 Å². The predicted molar refractivity (Wildman–Crippen MR) is 95.7 cm³/mol. The van der Waals surface area contributed by atoms with Crippen molar-refractivity contribution in [1.82, 2.24) is 0 Å². The van der Waals surface area contributed by atoms with Gasteiger partial charge in [0.1, 0.15) is 11.5 Å². The van der Waals surface area contributed by atoms with Crippen LogP contribution in [0.2, 0.25) is 0 Å². The van der Waals surface area contributed by atoms with Crippen LogP contribution in [-0.2, 0) is 11.2 Å². The Labute approximate surface area is 146 Å². The van der Waals surface area contributed by atoms with Crippen LogP contribution in [0.4, 0.5) is 0 Å². The standard InChI is InChI=1S/C20H19ClO3/c1-23-20(14-7-9-16(10-8-14)24-12-4-11-21)18-13-15-5-2-3-6-17(15)19(18)22/h2-3,5-10H,4,11-13H2,1H3. The second-order valence-corrected chi connectivity index (χ2v) is 5.97. The molecule has 0 unspecified atom stereocenters. The van der Waals surface area contributed by atoms with E-state index < -0.39 is 0 Å². The van der Waals surface area contributed by atoms with Gasteiger partial charge in [-0.15, -0.1) is 11.6 Å². The van der Waals surface area contributed by atoms with E-state index in [1.807, 2.05) is 48.5 Å². The Balaban J connectivity index is 1.86. The van der Waals surface area contributed by atoms with Crippen molar-refractivity contribution in [2.24, 2.45) is 0 Å². The fraction of sp³-hybridized carbons (Fsp3) is 0.250. The molecular formula is C20H19ClO3. The molecule has 2 aromatic rings. The largest absolute Gasteiger partial charge is 0.496 e. The quantitative estimate of drug-likeness (QED) is 0.336. The third-order valence-corrected chi connectivity index (χ3v) is 4.31. The minimum Gasteiger partial charge on any atom is -0.496 e. The van der Waals surface area contributed by atoms with Gasteiger partial charge in [-0.1, -0.05) is 24.3 Å². The van der Waals surface area contributed by atoms with Crippen LogP contribution < -0.4 is 4.74 Å². The molecule has 0 amide bonds. The molecule has 1 aliphatic rings. The monoisotopic (exact) mass is 342 g/mol. The number of hydrogen-bond donors (Lipinski definition) is 0. The summed E-state index contributed by atoms with van der Waals surface area (Å²) in [6, 6.07) is 15.3. The Morgan fingerprint density at radius 3 is 2.54 bits per heavy atom. The van der Waals surface area contributed by atoms with E-state index >= 15 is 0 Å². The van der Waals surface area contributed by atoms with Crippen LogP contribution >= 0.6 is 11.6 Å². The van der Waals surface area contributed by atoms with Crippen LogP contribution in [-0.4, -0.2) is 25.4 Å². The average Bonchev–Trinajstić information content (AvgIpc) is 2.94. The van der Waals surface area contributed by atoms with Crippen LogP contribution in [0.25, 0.3) is 5.76 Å². The van der Waals surface area contributed by atoms with Gasteiger partial charge in [0.15, 0.2) is 5.78 Å². The third kappa shape index (κ3) is 3.31. The number of fused-ring (bicyclic) bond motifs is 1. The molecule has 0 heterocycles. The maximum atomic E-state index is 12.6. The molecule has 0 saturated heterocycles. The van der Waals surface area contributed by atoms with Gasteiger partial charge in [0, 0.05) is 29.0 Å². The summed E-state index contributed by atoms with van der Waals surface area (Å²) in [5, 5.41) is 0. The zero-order valence-corrected chi connectivity index (χ0v) is 14.3. The van der Waals surface area contributed by atoms with Crippen molar-refractivity contribution >= 4 is 23.1 Å². The molecule has 0 bridgehead atoms. The summed E-state index contributed by atoms with van der Waals surface area (Å²) in [5.74, 6) is 2.04. The number of methoxy groups -OCH3 is 1. The lowest BCUT2D eigenvalue weighted by atomic mass is 10.0. The van der Waals surface area contributed by atoms with Gasteiger partial charge in [-0.3, -0.25) is 4.79 Å². The molecule has 0 spiro atoms. The van der Waals surface area contributed by atoms with Gasteiger partial charge in [-0.05, 0) is 36.2 Å². The molecule has 124 valence electrons. The Morgan fingerprint density at radius 2 is 1.88 bits per heavy atom. The number of carbonyl (C=O) groups is 1. The minimum absolute atomic E-state index is 0.0462. The van der Waals surface area contributed by atoms with E-state index in [2.05, 4.69) is 0 Å². The Hall–Kier alpha value is -2.26. The fourth-order valence-corrected chi connectivity index (χ4v) is 2.98. The van der Waals surface area contributed by atoms with E-state index in [1.165, 1.54) is 0 Å². The molecule has 4 heteroatoms. The molecule has 24 heavy (non-hydrogen) atoms. The average molecular weight is 343 g/mol. The fourth-order valence-electron chi connectivity index (χ4n) is 2.88. The second-order valence-electron chi connectivity index (χ2n) is 5.59. The highest BCUT2D eigenvalue weighted by Crippen LogP contribution is 2.32. The van der Waals surface area contributed by atoms with Crippen LogP contribution in [0, 0.1) is 0 Å². The lowest BCUT2D eigenvalue weighted by Gasteiger charge is -2.11. The van der Waals surface area contributed by atoms with Crippen molar-refractivity contribution in [3.63, 3.8) is 0 Å². The lowest BCUT2D eigenvalue weighted by molar-refractivity contribution is 0.103. The predicted octanol–water partition coefficient (Wildman–Crippen LogP) is 4.49. The van der Waals surface area contributed by atoms with Gasteiger partial charge in [0.05, 0.1) is 13.7 Å². The van der Waals surface area contributed by atoms with Crippen LogP contribution in [0.15, 0.2) is 54.1 Å². The van der Waals surface area contributed by atoms with E-state index in [9.17, 15) is 4.79 Å². The molecule has 0 saturated carbocycles. The Kier molecular flexibility index (Phi) is 5.21. The topological polar surface area (TPSA) is 35.5 Å². The van der Waals surface area contributed by atoms with Gasteiger partial charge in [-0.25, -0.2) is 0 Å². The third-order valence-electron chi connectivity index (χ3n) is 4.04. The summed E-state index contributed by atoms with van der Waals surface area (Å²) in [5.41, 5.74) is 3.39. The molecule has 0 N–H and O–H groups in total. The molecule has 0 fully saturated rings. The summed E-state index contributed by atoms with van der Waals surface area (Å²) < 4.78 is 11.2. The highest BCUT2D eigenvalue weighted by Gasteiger charge is 2.28. The van der Waals surface area contributed by atoms with Crippen LogP contribution in [0.5, 0.6) is 5.75 Å². The van der Waals surface area contributed by atoms with E-state index in [0.717, 1.165) is 28.9 Å². The van der Waals surface area contributed by atoms with Crippen molar-refractivity contribution in [2.75, 3.05) is 19.6 Å². The van der Waals surface area contributed by atoms with Crippen molar-refractivity contribution in [2.45, 2.75) is 12.8 Å².